The Hall–Kier alpha value is -3.42. The van der Waals surface area contributed by atoms with E-state index in [1.807, 2.05) is 12.1 Å². The van der Waals surface area contributed by atoms with Gasteiger partial charge in [-0.3, -0.25) is 0 Å². The Labute approximate surface area is 151 Å². The lowest BCUT2D eigenvalue weighted by Gasteiger charge is -2.37. The van der Waals surface area contributed by atoms with Crippen LogP contribution < -0.4 is 21.3 Å². The van der Waals surface area contributed by atoms with E-state index in [1.165, 1.54) is 5.69 Å². The second kappa shape index (κ2) is 6.83. The topological polar surface area (TPSA) is 110 Å². The molecule has 8 nitrogen and oxygen atoms in total. The van der Waals surface area contributed by atoms with Crippen LogP contribution in [0.2, 0.25) is 0 Å². The van der Waals surface area contributed by atoms with Crippen molar-refractivity contribution in [3.63, 3.8) is 0 Å². The lowest BCUT2D eigenvalue weighted by atomic mass is 10.1. The van der Waals surface area contributed by atoms with Crippen molar-refractivity contribution in [2.45, 2.75) is 0 Å². The van der Waals surface area contributed by atoms with Crippen LogP contribution in [0.3, 0.4) is 0 Å². The van der Waals surface area contributed by atoms with Gasteiger partial charge in [-0.25, -0.2) is 4.98 Å². The summed E-state index contributed by atoms with van der Waals surface area (Å²) in [7, 11) is 0. The number of aromatic nitrogens is 4. The normalized spacial score (nSPS) is 14.5. The van der Waals surface area contributed by atoms with E-state index in [4.69, 9.17) is 11.5 Å². The van der Waals surface area contributed by atoms with Crippen molar-refractivity contribution in [1.29, 1.82) is 0 Å². The molecule has 0 amide bonds. The standard InChI is InChI=1S/C18H20N8/c19-17-16(12-21-18(20)23-17)26-9-7-25(8-10-26)14-4-1-3-13(11-14)15-5-2-6-22-24-15/h1-6,11-12H,7-10H2,(H4,19,20,21,23). The van der Waals surface area contributed by atoms with Gasteiger partial charge >= 0.3 is 0 Å². The van der Waals surface area contributed by atoms with Crippen LogP contribution in [0.5, 0.6) is 0 Å². The molecule has 26 heavy (non-hydrogen) atoms. The third kappa shape index (κ3) is 3.21. The van der Waals surface area contributed by atoms with Crippen LogP contribution in [0.25, 0.3) is 11.3 Å². The Kier molecular flexibility index (Phi) is 4.22. The number of nitrogen functional groups attached to an aromatic ring is 2. The number of nitrogens with zero attached hydrogens (tertiary/aromatic N) is 6. The van der Waals surface area contributed by atoms with Gasteiger partial charge in [0.05, 0.1) is 17.6 Å². The van der Waals surface area contributed by atoms with E-state index in [1.54, 1.807) is 12.4 Å². The van der Waals surface area contributed by atoms with E-state index in [2.05, 4.69) is 54.2 Å². The van der Waals surface area contributed by atoms with Gasteiger partial charge in [0.1, 0.15) is 0 Å². The molecule has 1 aromatic carbocycles. The summed E-state index contributed by atoms with van der Waals surface area (Å²) in [4.78, 5) is 12.6. The maximum absolute atomic E-state index is 5.98. The molecule has 0 bridgehead atoms. The maximum atomic E-state index is 5.98. The molecule has 4 rings (SSSR count). The van der Waals surface area contributed by atoms with Gasteiger partial charge in [-0.1, -0.05) is 12.1 Å². The maximum Gasteiger partial charge on any atom is 0.222 e. The van der Waals surface area contributed by atoms with E-state index in [0.29, 0.717) is 5.82 Å². The first-order valence-corrected chi connectivity index (χ1v) is 8.47. The second-order valence-electron chi connectivity index (χ2n) is 6.13. The van der Waals surface area contributed by atoms with Crippen LogP contribution in [0.4, 0.5) is 23.1 Å². The van der Waals surface area contributed by atoms with Gasteiger partial charge in [0.25, 0.3) is 0 Å². The summed E-state index contributed by atoms with van der Waals surface area (Å²) in [5, 5.41) is 8.15. The zero-order valence-electron chi connectivity index (χ0n) is 14.3. The largest absolute Gasteiger partial charge is 0.382 e. The summed E-state index contributed by atoms with van der Waals surface area (Å²) in [5.41, 5.74) is 15.5. The molecule has 0 saturated carbocycles. The number of rotatable bonds is 3. The Balaban J connectivity index is 1.48. The zero-order chi connectivity index (χ0) is 17.9. The van der Waals surface area contributed by atoms with Gasteiger partial charge < -0.3 is 21.3 Å². The van der Waals surface area contributed by atoms with Crippen LogP contribution in [0.15, 0.2) is 48.8 Å². The number of piperazine rings is 1. The SMILES string of the molecule is Nc1ncc(N2CCN(c3cccc(-c4cccnn4)c3)CC2)c(N)n1. The highest BCUT2D eigenvalue weighted by molar-refractivity contribution is 5.67. The van der Waals surface area contributed by atoms with Gasteiger partial charge in [0, 0.05) is 43.6 Å². The first-order valence-electron chi connectivity index (χ1n) is 8.47. The lowest BCUT2D eigenvalue weighted by Crippen LogP contribution is -2.46. The first kappa shape index (κ1) is 16.1. The molecule has 1 fully saturated rings. The molecular weight excluding hydrogens is 328 g/mol. The van der Waals surface area contributed by atoms with E-state index >= 15 is 0 Å². The van der Waals surface area contributed by atoms with E-state index in [0.717, 1.165) is 43.1 Å². The monoisotopic (exact) mass is 348 g/mol. The molecule has 132 valence electrons. The fourth-order valence-corrected chi connectivity index (χ4v) is 3.17. The van der Waals surface area contributed by atoms with Crippen molar-refractivity contribution in [1.82, 2.24) is 20.2 Å². The van der Waals surface area contributed by atoms with Gasteiger partial charge in [-0.2, -0.15) is 15.2 Å². The predicted octanol–water partition coefficient (Wildman–Crippen LogP) is 1.42. The predicted molar refractivity (Wildman–Crippen MR) is 103 cm³/mol. The van der Waals surface area contributed by atoms with Crippen molar-refractivity contribution in [3.05, 3.63) is 48.8 Å². The number of benzene rings is 1. The van der Waals surface area contributed by atoms with Gasteiger partial charge in [0.2, 0.25) is 5.95 Å². The highest BCUT2D eigenvalue weighted by atomic mass is 15.3. The molecule has 1 saturated heterocycles. The summed E-state index contributed by atoms with van der Waals surface area (Å²) < 4.78 is 0. The molecule has 2 aromatic heterocycles. The van der Waals surface area contributed by atoms with Gasteiger partial charge in [-0.05, 0) is 24.3 Å². The molecule has 1 aliphatic heterocycles. The molecule has 4 N–H and O–H groups in total. The molecule has 3 heterocycles. The van der Waals surface area contributed by atoms with Gasteiger partial charge in [-0.15, -0.1) is 0 Å². The van der Waals surface area contributed by atoms with E-state index in [-0.39, 0.29) is 5.95 Å². The lowest BCUT2D eigenvalue weighted by molar-refractivity contribution is 0.652. The van der Waals surface area contributed by atoms with Crippen molar-refractivity contribution in [2.75, 3.05) is 47.4 Å². The Morgan fingerprint density at radius 3 is 2.46 bits per heavy atom. The van der Waals surface area contributed by atoms with Crippen LogP contribution in [0, 0.1) is 0 Å². The molecular formula is C18H20N8. The molecule has 3 aromatic rings. The summed E-state index contributed by atoms with van der Waals surface area (Å²) in [6.45, 7) is 3.45. The minimum absolute atomic E-state index is 0.200. The molecule has 0 unspecified atom stereocenters. The number of hydrogen-bond donors (Lipinski definition) is 2. The zero-order valence-corrected chi connectivity index (χ0v) is 14.3. The fraction of sp³-hybridized carbons (Fsp3) is 0.222. The quantitative estimate of drug-likeness (QED) is 0.731. The number of anilines is 4. The minimum atomic E-state index is 0.200. The van der Waals surface area contributed by atoms with Crippen LogP contribution in [0.1, 0.15) is 0 Å². The van der Waals surface area contributed by atoms with E-state index < -0.39 is 0 Å². The highest BCUT2D eigenvalue weighted by Crippen LogP contribution is 2.26. The summed E-state index contributed by atoms with van der Waals surface area (Å²) in [6, 6.07) is 12.2. The van der Waals surface area contributed by atoms with Crippen molar-refractivity contribution < 1.29 is 0 Å². The molecule has 0 radical (unpaired) electrons. The third-order valence-corrected chi connectivity index (χ3v) is 4.52. The summed E-state index contributed by atoms with van der Waals surface area (Å²) in [6.07, 6.45) is 3.38. The number of nitrogens with two attached hydrogens (primary N) is 2. The van der Waals surface area contributed by atoms with Crippen molar-refractivity contribution >= 4 is 23.1 Å². The molecule has 0 atom stereocenters. The minimum Gasteiger partial charge on any atom is -0.382 e. The Morgan fingerprint density at radius 2 is 1.73 bits per heavy atom. The average Bonchev–Trinajstić information content (AvgIpc) is 2.69. The molecule has 8 heteroatoms. The van der Waals surface area contributed by atoms with Crippen molar-refractivity contribution in [3.8, 4) is 11.3 Å². The summed E-state index contributed by atoms with van der Waals surface area (Å²) in [5.74, 6) is 0.626. The van der Waals surface area contributed by atoms with E-state index in [9.17, 15) is 0 Å². The summed E-state index contributed by atoms with van der Waals surface area (Å²) >= 11 is 0. The molecule has 0 spiro atoms. The van der Waals surface area contributed by atoms with Crippen LogP contribution >= 0.6 is 0 Å². The fourth-order valence-electron chi connectivity index (χ4n) is 3.17. The Morgan fingerprint density at radius 1 is 0.923 bits per heavy atom. The molecule has 1 aliphatic rings. The Bertz CT molecular complexity index is 891. The van der Waals surface area contributed by atoms with Crippen LogP contribution in [-0.2, 0) is 0 Å². The highest BCUT2D eigenvalue weighted by Gasteiger charge is 2.20. The van der Waals surface area contributed by atoms with Gasteiger partial charge in [0.15, 0.2) is 5.82 Å². The first-order chi connectivity index (χ1) is 12.7. The second-order valence-corrected chi connectivity index (χ2v) is 6.13. The third-order valence-electron chi connectivity index (χ3n) is 4.52. The molecule has 0 aliphatic carbocycles. The smallest absolute Gasteiger partial charge is 0.222 e. The van der Waals surface area contributed by atoms with Crippen LogP contribution in [-0.4, -0.2) is 46.3 Å². The van der Waals surface area contributed by atoms with Crippen molar-refractivity contribution in [2.24, 2.45) is 0 Å². The average molecular weight is 348 g/mol. The number of hydrogen-bond acceptors (Lipinski definition) is 8.